The molecular formula is C13H20N2O3S. The molecular weight excluding hydrogens is 264 g/mol. The third-order valence-electron chi connectivity index (χ3n) is 2.39. The van der Waals surface area contributed by atoms with E-state index in [1.54, 1.807) is 19.1 Å². The van der Waals surface area contributed by atoms with Crippen molar-refractivity contribution in [2.24, 2.45) is 0 Å². The van der Waals surface area contributed by atoms with Gasteiger partial charge in [0.15, 0.2) is 0 Å². The molecule has 6 heteroatoms. The number of hydrogen-bond donors (Lipinski definition) is 2. The van der Waals surface area contributed by atoms with Crippen LogP contribution in [0.3, 0.4) is 0 Å². The predicted octanol–water partition coefficient (Wildman–Crippen LogP) is 1.45. The minimum Gasteiger partial charge on any atom is -0.399 e. The van der Waals surface area contributed by atoms with Crippen LogP contribution in [-0.4, -0.2) is 28.2 Å². The zero-order valence-corrected chi connectivity index (χ0v) is 12.1. The molecule has 0 aliphatic heterocycles. The number of anilines is 1. The molecule has 0 aromatic heterocycles. The van der Waals surface area contributed by atoms with E-state index in [2.05, 4.69) is 11.3 Å². The third kappa shape index (κ3) is 5.02. The van der Waals surface area contributed by atoms with Gasteiger partial charge in [-0.3, -0.25) is 0 Å². The van der Waals surface area contributed by atoms with Gasteiger partial charge in [-0.15, -0.1) is 0 Å². The minimum atomic E-state index is -3.55. The highest BCUT2D eigenvalue weighted by Crippen LogP contribution is 2.17. The summed E-state index contributed by atoms with van der Waals surface area (Å²) in [5.41, 5.74) is 7.58. The number of aryl methyl sites for hydroxylation is 1. The Hall–Kier alpha value is -1.37. The number of nitrogen functional groups attached to an aromatic ring is 1. The molecule has 3 N–H and O–H groups in total. The smallest absolute Gasteiger partial charge is 0.240 e. The van der Waals surface area contributed by atoms with E-state index in [4.69, 9.17) is 10.5 Å². The minimum absolute atomic E-state index is 0.201. The Kier molecular flexibility index (Phi) is 5.53. The van der Waals surface area contributed by atoms with Gasteiger partial charge in [0.25, 0.3) is 0 Å². The predicted molar refractivity (Wildman–Crippen MR) is 76.4 cm³/mol. The second-order valence-corrected chi connectivity index (χ2v) is 6.17. The SMILES string of the molecule is C=C(C)COCCNS(=O)(=O)c1cc(N)ccc1C. The summed E-state index contributed by atoms with van der Waals surface area (Å²) in [4.78, 5) is 0.201. The van der Waals surface area contributed by atoms with Crippen LogP contribution in [0.25, 0.3) is 0 Å². The van der Waals surface area contributed by atoms with Crippen molar-refractivity contribution in [3.8, 4) is 0 Å². The fourth-order valence-corrected chi connectivity index (χ4v) is 2.77. The number of sulfonamides is 1. The fourth-order valence-electron chi connectivity index (χ4n) is 1.48. The Labute approximate surface area is 114 Å². The van der Waals surface area contributed by atoms with Crippen molar-refractivity contribution in [1.29, 1.82) is 0 Å². The normalized spacial score (nSPS) is 11.5. The number of rotatable bonds is 7. The highest BCUT2D eigenvalue weighted by atomic mass is 32.2. The lowest BCUT2D eigenvalue weighted by Gasteiger charge is -2.10. The summed E-state index contributed by atoms with van der Waals surface area (Å²) >= 11 is 0. The molecule has 0 saturated carbocycles. The number of nitrogens with two attached hydrogens (primary N) is 1. The van der Waals surface area contributed by atoms with Crippen molar-refractivity contribution < 1.29 is 13.2 Å². The van der Waals surface area contributed by atoms with Crippen LogP contribution < -0.4 is 10.5 Å². The van der Waals surface area contributed by atoms with Crippen LogP contribution in [0.2, 0.25) is 0 Å². The van der Waals surface area contributed by atoms with Crippen LogP contribution in [-0.2, 0) is 14.8 Å². The highest BCUT2D eigenvalue weighted by Gasteiger charge is 2.16. The summed E-state index contributed by atoms with van der Waals surface area (Å²) in [6, 6.07) is 4.80. The molecule has 0 spiro atoms. The number of ether oxygens (including phenoxy) is 1. The Morgan fingerprint density at radius 1 is 1.47 bits per heavy atom. The largest absolute Gasteiger partial charge is 0.399 e. The van der Waals surface area contributed by atoms with Crippen molar-refractivity contribution in [2.45, 2.75) is 18.7 Å². The van der Waals surface area contributed by atoms with Gasteiger partial charge >= 0.3 is 0 Å². The van der Waals surface area contributed by atoms with Crippen molar-refractivity contribution in [3.05, 3.63) is 35.9 Å². The van der Waals surface area contributed by atoms with Gasteiger partial charge < -0.3 is 10.5 Å². The fraction of sp³-hybridized carbons (Fsp3) is 0.385. The Bertz CT molecular complexity index is 553. The molecule has 19 heavy (non-hydrogen) atoms. The number of benzene rings is 1. The van der Waals surface area contributed by atoms with Crippen molar-refractivity contribution in [2.75, 3.05) is 25.5 Å². The maximum Gasteiger partial charge on any atom is 0.240 e. The second kappa shape index (κ2) is 6.70. The molecule has 0 unspecified atom stereocenters. The van der Waals surface area contributed by atoms with E-state index in [9.17, 15) is 8.42 Å². The lowest BCUT2D eigenvalue weighted by molar-refractivity contribution is 0.162. The van der Waals surface area contributed by atoms with Crippen molar-refractivity contribution >= 4 is 15.7 Å². The van der Waals surface area contributed by atoms with E-state index >= 15 is 0 Å². The standard InChI is InChI=1S/C13H20N2O3S/c1-10(2)9-18-7-6-15-19(16,17)13-8-12(14)5-4-11(13)3/h4-5,8,15H,1,6-7,9,14H2,2-3H3. The van der Waals surface area contributed by atoms with E-state index in [0.717, 1.165) is 5.57 Å². The lowest BCUT2D eigenvalue weighted by Crippen LogP contribution is -2.28. The van der Waals surface area contributed by atoms with Gasteiger partial charge in [0, 0.05) is 12.2 Å². The second-order valence-electron chi connectivity index (χ2n) is 4.43. The Morgan fingerprint density at radius 2 is 2.16 bits per heavy atom. The first-order valence-corrected chi connectivity index (χ1v) is 7.39. The van der Waals surface area contributed by atoms with Gasteiger partial charge in [-0.1, -0.05) is 18.2 Å². The van der Waals surface area contributed by atoms with Crippen LogP contribution in [0, 0.1) is 6.92 Å². The highest BCUT2D eigenvalue weighted by molar-refractivity contribution is 7.89. The molecule has 1 aromatic carbocycles. The first kappa shape index (κ1) is 15.7. The maximum absolute atomic E-state index is 12.1. The van der Waals surface area contributed by atoms with Crippen LogP contribution >= 0.6 is 0 Å². The van der Waals surface area contributed by atoms with Crippen molar-refractivity contribution in [3.63, 3.8) is 0 Å². The van der Waals surface area contributed by atoms with Gasteiger partial charge in [-0.05, 0) is 31.5 Å². The molecule has 0 aliphatic rings. The first-order valence-electron chi connectivity index (χ1n) is 5.91. The van der Waals surface area contributed by atoms with E-state index in [1.165, 1.54) is 6.07 Å². The molecule has 0 radical (unpaired) electrons. The van der Waals surface area contributed by atoms with Crippen LogP contribution in [0.1, 0.15) is 12.5 Å². The molecule has 0 saturated heterocycles. The molecule has 0 bridgehead atoms. The number of nitrogens with one attached hydrogen (secondary N) is 1. The zero-order chi connectivity index (χ0) is 14.5. The summed E-state index contributed by atoms with van der Waals surface area (Å²) in [6.07, 6.45) is 0. The Balaban J connectivity index is 2.61. The van der Waals surface area contributed by atoms with Crippen LogP contribution in [0.15, 0.2) is 35.2 Å². The number of hydrogen-bond acceptors (Lipinski definition) is 4. The average Bonchev–Trinajstić information content (AvgIpc) is 2.31. The van der Waals surface area contributed by atoms with Gasteiger partial charge in [0.1, 0.15) is 0 Å². The molecule has 0 heterocycles. The molecule has 106 valence electrons. The van der Waals surface area contributed by atoms with E-state index in [0.29, 0.717) is 24.5 Å². The van der Waals surface area contributed by atoms with Gasteiger partial charge in [-0.25, -0.2) is 13.1 Å². The van der Waals surface area contributed by atoms with Crippen molar-refractivity contribution in [1.82, 2.24) is 4.72 Å². The summed E-state index contributed by atoms with van der Waals surface area (Å²) < 4.78 is 31.8. The van der Waals surface area contributed by atoms with E-state index in [1.807, 2.05) is 6.92 Å². The topological polar surface area (TPSA) is 81.4 Å². The van der Waals surface area contributed by atoms with Crippen LogP contribution in [0.4, 0.5) is 5.69 Å². The molecule has 0 fully saturated rings. The molecule has 0 aliphatic carbocycles. The van der Waals surface area contributed by atoms with E-state index < -0.39 is 10.0 Å². The molecule has 0 amide bonds. The van der Waals surface area contributed by atoms with Gasteiger partial charge in [0.2, 0.25) is 10.0 Å². The monoisotopic (exact) mass is 284 g/mol. The molecule has 1 rings (SSSR count). The molecule has 0 atom stereocenters. The quantitative estimate of drug-likeness (QED) is 0.451. The summed E-state index contributed by atoms with van der Waals surface area (Å²) in [7, 11) is -3.55. The lowest BCUT2D eigenvalue weighted by atomic mass is 10.2. The maximum atomic E-state index is 12.1. The summed E-state index contributed by atoms with van der Waals surface area (Å²) in [5.74, 6) is 0. The van der Waals surface area contributed by atoms with Gasteiger partial charge in [0.05, 0.1) is 18.1 Å². The first-order chi connectivity index (χ1) is 8.83. The zero-order valence-electron chi connectivity index (χ0n) is 11.3. The van der Waals surface area contributed by atoms with Gasteiger partial charge in [-0.2, -0.15) is 0 Å². The Morgan fingerprint density at radius 3 is 2.79 bits per heavy atom. The molecule has 1 aromatic rings. The van der Waals surface area contributed by atoms with Crippen LogP contribution in [0.5, 0.6) is 0 Å². The van der Waals surface area contributed by atoms with E-state index in [-0.39, 0.29) is 11.4 Å². The summed E-state index contributed by atoms with van der Waals surface area (Å²) in [5, 5.41) is 0. The third-order valence-corrected chi connectivity index (χ3v) is 3.99. The summed E-state index contributed by atoms with van der Waals surface area (Å²) in [6.45, 7) is 8.21. The molecule has 5 nitrogen and oxygen atoms in total. The average molecular weight is 284 g/mol.